The number of likely N-dealkylation sites (tertiary alicyclic amines) is 1. The summed E-state index contributed by atoms with van der Waals surface area (Å²) in [5, 5.41) is 0. The van der Waals surface area contributed by atoms with Crippen LogP contribution in [-0.4, -0.2) is 29.7 Å². The molecular formula is C18H17F2NO2S. The Bertz CT molecular complexity index is 787. The second-order valence-corrected chi connectivity index (χ2v) is 7.28. The van der Waals surface area contributed by atoms with E-state index in [1.165, 1.54) is 11.3 Å². The molecule has 0 bridgehead atoms. The van der Waals surface area contributed by atoms with Crippen LogP contribution in [0.25, 0.3) is 0 Å². The topological polar surface area (TPSA) is 37.4 Å². The maximum absolute atomic E-state index is 13.8. The third kappa shape index (κ3) is 3.38. The monoisotopic (exact) mass is 349 g/mol. The summed E-state index contributed by atoms with van der Waals surface area (Å²) in [5.74, 6) is -2.41. The van der Waals surface area contributed by atoms with Crippen LogP contribution in [0.5, 0.6) is 0 Å². The van der Waals surface area contributed by atoms with Crippen molar-refractivity contribution < 1.29 is 18.4 Å². The minimum absolute atomic E-state index is 0.106. The summed E-state index contributed by atoms with van der Waals surface area (Å²) in [6.45, 7) is 2.74. The quantitative estimate of drug-likeness (QED) is 0.784. The molecule has 0 aliphatic carbocycles. The van der Waals surface area contributed by atoms with Gasteiger partial charge in [-0.05, 0) is 50.1 Å². The zero-order chi connectivity index (χ0) is 17.3. The van der Waals surface area contributed by atoms with Crippen LogP contribution in [0, 0.1) is 24.5 Å². The van der Waals surface area contributed by atoms with Crippen molar-refractivity contribution in [1.29, 1.82) is 0 Å². The lowest BCUT2D eigenvalue weighted by molar-refractivity contribution is 0.0639. The third-order valence-electron chi connectivity index (χ3n) is 4.22. The number of hydrogen-bond acceptors (Lipinski definition) is 3. The van der Waals surface area contributed by atoms with Crippen LogP contribution in [0.15, 0.2) is 30.3 Å². The van der Waals surface area contributed by atoms with Gasteiger partial charge in [-0.3, -0.25) is 9.59 Å². The van der Waals surface area contributed by atoms with Crippen LogP contribution >= 0.6 is 11.3 Å². The molecule has 1 aromatic heterocycles. The van der Waals surface area contributed by atoms with E-state index in [4.69, 9.17) is 0 Å². The summed E-state index contributed by atoms with van der Waals surface area (Å²) in [7, 11) is 0. The molecule has 1 fully saturated rings. The summed E-state index contributed by atoms with van der Waals surface area (Å²) in [6, 6.07) is 6.54. The molecule has 3 nitrogen and oxygen atoms in total. The van der Waals surface area contributed by atoms with Gasteiger partial charge < -0.3 is 4.90 Å². The standard InChI is InChI=1S/C18H17F2NO2S/c1-11-4-7-16(24-11)18(23)21-8-2-3-12(10-21)17(22)14-9-13(19)5-6-15(14)20/h4-7,9,12H,2-3,8,10H2,1H3/t12-/m0/s1. The van der Waals surface area contributed by atoms with Gasteiger partial charge >= 0.3 is 0 Å². The average molecular weight is 349 g/mol. The molecule has 1 atom stereocenters. The minimum atomic E-state index is -0.723. The average Bonchev–Trinajstić information content (AvgIpc) is 3.02. The first-order valence-corrected chi connectivity index (χ1v) is 8.62. The molecular weight excluding hydrogens is 332 g/mol. The lowest BCUT2D eigenvalue weighted by Gasteiger charge is -2.31. The highest BCUT2D eigenvalue weighted by molar-refractivity contribution is 7.13. The second-order valence-electron chi connectivity index (χ2n) is 5.99. The highest BCUT2D eigenvalue weighted by Gasteiger charge is 2.31. The Morgan fingerprint density at radius 1 is 1.21 bits per heavy atom. The number of rotatable bonds is 3. The van der Waals surface area contributed by atoms with Crippen molar-refractivity contribution in [3.63, 3.8) is 0 Å². The van der Waals surface area contributed by atoms with Crippen molar-refractivity contribution in [1.82, 2.24) is 4.90 Å². The van der Waals surface area contributed by atoms with Crippen molar-refractivity contribution in [3.05, 3.63) is 57.3 Å². The number of Topliss-reactive ketones (excluding diaryl/α,β-unsaturated/α-hetero) is 1. The number of thiophene rings is 1. The molecule has 126 valence electrons. The predicted octanol–water partition coefficient (Wildman–Crippen LogP) is 4.07. The van der Waals surface area contributed by atoms with Crippen molar-refractivity contribution in [2.45, 2.75) is 19.8 Å². The van der Waals surface area contributed by atoms with Crippen LogP contribution in [0.1, 0.15) is 37.7 Å². The first kappa shape index (κ1) is 16.8. The number of hydrogen-bond donors (Lipinski definition) is 0. The molecule has 1 aliphatic rings. The molecule has 2 aromatic rings. The number of aryl methyl sites for hydroxylation is 1. The highest BCUT2D eigenvalue weighted by atomic mass is 32.1. The summed E-state index contributed by atoms with van der Waals surface area (Å²) in [5.41, 5.74) is -0.235. The van der Waals surface area contributed by atoms with Crippen LogP contribution in [0.2, 0.25) is 0 Å². The molecule has 2 heterocycles. The molecule has 0 N–H and O–H groups in total. The minimum Gasteiger partial charge on any atom is -0.337 e. The second kappa shape index (κ2) is 6.81. The number of carbonyl (C=O) groups is 2. The highest BCUT2D eigenvalue weighted by Crippen LogP contribution is 2.25. The maximum atomic E-state index is 13.8. The third-order valence-corrected chi connectivity index (χ3v) is 5.21. The predicted molar refractivity (Wildman–Crippen MR) is 88.4 cm³/mol. The Labute approximate surface area is 142 Å². The lowest BCUT2D eigenvalue weighted by atomic mass is 9.89. The van der Waals surface area contributed by atoms with Gasteiger partial charge in [0, 0.05) is 23.9 Å². The summed E-state index contributed by atoms with van der Waals surface area (Å²) in [4.78, 5) is 28.4. The number of ketones is 1. The van der Waals surface area contributed by atoms with Crippen molar-refractivity contribution >= 4 is 23.0 Å². The molecule has 0 spiro atoms. The van der Waals surface area contributed by atoms with Gasteiger partial charge in [0.25, 0.3) is 5.91 Å². The Kier molecular flexibility index (Phi) is 4.76. The SMILES string of the molecule is Cc1ccc(C(=O)N2CCC[C@H](C(=O)c3cc(F)ccc3F)C2)s1. The van der Waals surface area contributed by atoms with Gasteiger partial charge in [-0.15, -0.1) is 11.3 Å². The fourth-order valence-corrected chi connectivity index (χ4v) is 3.82. The van der Waals surface area contributed by atoms with E-state index in [9.17, 15) is 18.4 Å². The number of piperidine rings is 1. The van der Waals surface area contributed by atoms with E-state index < -0.39 is 23.3 Å². The van der Waals surface area contributed by atoms with Gasteiger partial charge in [-0.1, -0.05) is 0 Å². The van der Waals surface area contributed by atoms with E-state index in [2.05, 4.69) is 0 Å². The van der Waals surface area contributed by atoms with Crippen LogP contribution in [-0.2, 0) is 0 Å². The number of nitrogens with zero attached hydrogens (tertiary/aromatic N) is 1. The maximum Gasteiger partial charge on any atom is 0.263 e. The molecule has 0 radical (unpaired) electrons. The van der Waals surface area contributed by atoms with Gasteiger partial charge in [-0.2, -0.15) is 0 Å². The Hall–Kier alpha value is -2.08. The van der Waals surface area contributed by atoms with E-state index in [-0.39, 0.29) is 18.0 Å². The largest absolute Gasteiger partial charge is 0.337 e. The van der Waals surface area contributed by atoms with Crippen LogP contribution < -0.4 is 0 Å². The van der Waals surface area contributed by atoms with Crippen molar-refractivity contribution in [3.8, 4) is 0 Å². The molecule has 3 rings (SSSR count). The van der Waals surface area contributed by atoms with Gasteiger partial charge in [0.05, 0.1) is 10.4 Å². The molecule has 1 saturated heterocycles. The van der Waals surface area contributed by atoms with E-state index >= 15 is 0 Å². The molecule has 1 aromatic carbocycles. The van der Waals surface area contributed by atoms with E-state index in [0.29, 0.717) is 24.3 Å². The Morgan fingerprint density at radius 3 is 2.71 bits per heavy atom. The number of halogens is 2. The lowest BCUT2D eigenvalue weighted by Crippen LogP contribution is -2.42. The van der Waals surface area contributed by atoms with Gasteiger partial charge in [-0.25, -0.2) is 8.78 Å². The zero-order valence-electron chi connectivity index (χ0n) is 13.2. The fourth-order valence-electron chi connectivity index (χ4n) is 2.99. The van der Waals surface area contributed by atoms with Crippen molar-refractivity contribution in [2.75, 3.05) is 13.1 Å². The molecule has 1 aliphatic heterocycles. The fraction of sp³-hybridized carbons (Fsp3) is 0.333. The molecule has 6 heteroatoms. The van der Waals surface area contributed by atoms with E-state index in [0.717, 1.165) is 23.1 Å². The number of carbonyl (C=O) groups excluding carboxylic acids is 2. The first-order valence-electron chi connectivity index (χ1n) is 7.80. The summed E-state index contributed by atoms with van der Waals surface area (Å²) >= 11 is 1.41. The first-order chi connectivity index (χ1) is 11.5. The molecule has 24 heavy (non-hydrogen) atoms. The molecule has 0 unspecified atom stereocenters. The van der Waals surface area contributed by atoms with E-state index in [1.807, 2.05) is 13.0 Å². The number of benzene rings is 1. The van der Waals surface area contributed by atoms with Gasteiger partial charge in [0.15, 0.2) is 5.78 Å². The smallest absolute Gasteiger partial charge is 0.263 e. The van der Waals surface area contributed by atoms with Crippen LogP contribution in [0.4, 0.5) is 8.78 Å². The van der Waals surface area contributed by atoms with Crippen molar-refractivity contribution in [2.24, 2.45) is 5.92 Å². The zero-order valence-corrected chi connectivity index (χ0v) is 14.0. The normalized spacial score (nSPS) is 17.8. The number of amides is 1. The Morgan fingerprint density at radius 2 is 2.00 bits per heavy atom. The summed E-state index contributed by atoms with van der Waals surface area (Å²) in [6.07, 6.45) is 1.24. The summed E-state index contributed by atoms with van der Waals surface area (Å²) < 4.78 is 27.2. The van der Waals surface area contributed by atoms with Crippen LogP contribution in [0.3, 0.4) is 0 Å². The van der Waals surface area contributed by atoms with E-state index in [1.54, 1.807) is 11.0 Å². The Balaban J connectivity index is 1.76. The molecule has 0 saturated carbocycles. The molecule has 1 amide bonds. The van der Waals surface area contributed by atoms with Gasteiger partial charge in [0.1, 0.15) is 11.6 Å². The van der Waals surface area contributed by atoms with Gasteiger partial charge in [0.2, 0.25) is 0 Å².